The highest BCUT2D eigenvalue weighted by Gasteiger charge is 1.97. The number of hydrogen-bond acceptors (Lipinski definition) is 3. The predicted molar refractivity (Wildman–Crippen MR) is 67.0 cm³/mol. The Morgan fingerprint density at radius 1 is 0.824 bits per heavy atom. The molecule has 0 fully saturated rings. The van der Waals surface area contributed by atoms with Crippen LogP contribution in [0.2, 0.25) is 10.3 Å². The molecule has 2 aromatic rings. The van der Waals surface area contributed by atoms with Crippen LogP contribution in [-0.2, 0) is 18.0 Å². The number of aromatic nitrogens is 2. The van der Waals surface area contributed by atoms with E-state index >= 15 is 0 Å². The highest BCUT2D eigenvalue weighted by atomic mass is 35.5. The maximum Gasteiger partial charge on any atom is 0.129 e. The summed E-state index contributed by atoms with van der Waals surface area (Å²) in [5, 5.41) is 0.964. The quantitative estimate of drug-likeness (QED) is 0.797. The molecule has 0 bridgehead atoms. The van der Waals surface area contributed by atoms with Crippen LogP contribution in [0.25, 0.3) is 0 Å². The zero-order valence-corrected chi connectivity index (χ0v) is 10.4. The van der Waals surface area contributed by atoms with Crippen LogP contribution in [0.1, 0.15) is 11.1 Å². The van der Waals surface area contributed by atoms with Crippen molar-refractivity contribution in [2.75, 3.05) is 0 Å². The minimum Gasteiger partial charge on any atom is -0.372 e. The fraction of sp³-hybridized carbons (Fsp3) is 0.167. The van der Waals surface area contributed by atoms with Crippen LogP contribution in [0.15, 0.2) is 36.7 Å². The first-order valence-electron chi connectivity index (χ1n) is 5.02. The number of hydrogen-bond donors (Lipinski definition) is 0. The van der Waals surface area contributed by atoms with E-state index in [0.29, 0.717) is 23.5 Å². The van der Waals surface area contributed by atoms with Gasteiger partial charge in [0.15, 0.2) is 0 Å². The van der Waals surface area contributed by atoms with Gasteiger partial charge in [0.05, 0.1) is 13.2 Å². The van der Waals surface area contributed by atoms with Crippen molar-refractivity contribution < 1.29 is 4.74 Å². The lowest BCUT2D eigenvalue weighted by molar-refractivity contribution is 0.107. The molecule has 0 atom stereocenters. The molecule has 0 unspecified atom stereocenters. The molecule has 3 nitrogen and oxygen atoms in total. The second kappa shape index (κ2) is 5.96. The van der Waals surface area contributed by atoms with Gasteiger partial charge in [-0.15, -0.1) is 0 Å². The summed E-state index contributed by atoms with van der Waals surface area (Å²) in [4.78, 5) is 7.94. The molecule has 5 heteroatoms. The number of nitrogens with zero attached hydrogens (tertiary/aromatic N) is 2. The lowest BCUT2D eigenvalue weighted by Crippen LogP contribution is -1.95. The van der Waals surface area contributed by atoms with E-state index in [1.807, 2.05) is 12.1 Å². The van der Waals surface area contributed by atoms with Crippen molar-refractivity contribution in [1.29, 1.82) is 0 Å². The smallest absolute Gasteiger partial charge is 0.129 e. The third-order valence-electron chi connectivity index (χ3n) is 2.11. The van der Waals surface area contributed by atoms with Gasteiger partial charge in [-0.3, -0.25) is 0 Å². The Balaban J connectivity index is 1.83. The summed E-state index contributed by atoms with van der Waals surface area (Å²) in [6.07, 6.45) is 3.39. The Bertz CT molecular complexity index is 425. The summed E-state index contributed by atoms with van der Waals surface area (Å²) < 4.78 is 5.52. The van der Waals surface area contributed by atoms with Gasteiger partial charge in [0.1, 0.15) is 10.3 Å². The van der Waals surface area contributed by atoms with E-state index in [-0.39, 0.29) is 0 Å². The molecular formula is C12H10Cl2N2O. The molecule has 2 heterocycles. The highest BCUT2D eigenvalue weighted by molar-refractivity contribution is 6.29. The van der Waals surface area contributed by atoms with Crippen molar-refractivity contribution in [2.24, 2.45) is 0 Å². The third kappa shape index (κ3) is 3.97. The maximum absolute atomic E-state index is 5.68. The maximum atomic E-state index is 5.68. The Morgan fingerprint density at radius 2 is 1.29 bits per heavy atom. The summed E-state index contributed by atoms with van der Waals surface area (Å²) >= 11 is 11.4. The molecule has 2 aromatic heterocycles. The molecule has 0 amide bonds. The van der Waals surface area contributed by atoms with Crippen molar-refractivity contribution >= 4 is 23.2 Å². The van der Waals surface area contributed by atoms with Gasteiger partial charge in [-0.25, -0.2) is 9.97 Å². The molecule has 0 N–H and O–H groups in total. The lowest BCUT2D eigenvalue weighted by atomic mass is 10.3. The van der Waals surface area contributed by atoms with Crippen molar-refractivity contribution in [3.05, 3.63) is 58.1 Å². The van der Waals surface area contributed by atoms with E-state index in [4.69, 9.17) is 27.9 Å². The van der Waals surface area contributed by atoms with Crippen molar-refractivity contribution in [1.82, 2.24) is 9.97 Å². The van der Waals surface area contributed by atoms with Crippen molar-refractivity contribution in [3.8, 4) is 0 Å². The number of halogens is 2. The van der Waals surface area contributed by atoms with Crippen molar-refractivity contribution in [2.45, 2.75) is 13.2 Å². The van der Waals surface area contributed by atoms with Gasteiger partial charge >= 0.3 is 0 Å². The van der Waals surface area contributed by atoms with Crippen LogP contribution in [0, 0.1) is 0 Å². The standard InChI is InChI=1S/C12H10Cl2N2O/c13-11-3-1-9(5-15-11)7-17-8-10-2-4-12(14)16-6-10/h1-6H,7-8H2. The van der Waals surface area contributed by atoms with E-state index < -0.39 is 0 Å². The first-order valence-corrected chi connectivity index (χ1v) is 5.78. The van der Waals surface area contributed by atoms with Crippen LogP contribution < -0.4 is 0 Å². The molecule has 0 saturated heterocycles. The molecule has 0 spiro atoms. The number of pyridine rings is 2. The van der Waals surface area contributed by atoms with Gasteiger partial charge in [-0.05, 0) is 23.3 Å². The van der Waals surface area contributed by atoms with Crippen LogP contribution in [0.4, 0.5) is 0 Å². The molecule has 0 aliphatic heterocycles. The molecule has 0 aromatic carbocycles. The van der Waals surface area contributed by atoms with E-state index in [1.54, 1.807) is 24.5 Å². The third-order valence-corrected chi connectivity index (χ3v) is 2.56. The summed E-state index contributed by atoms with van der Waals surface area (Å²) in [5.74, 6) is 0. The Labute approximate surface area is 109 Å². The van der Waals surface area contributed by atoms with Gasteiger partial charge in [-0.2, -0.15) is 0 Å². The second-order valence-corrected chi connectivity index (χ2v) is 4.25. The van der Waals surface area contributed by atoms with Crippen molar-refractivity contribution in [3.63, 3.8) is 0 Å². The minimum atomic E-state index is 0.482. The van der Waals surface area contributed by atoms with Crippen LogP contribution >= 0.6 is 23.2 Å². The topological polar surface area (TPSA) is 35.0 Å². The molecular weight excluding hydrogens is 259 g/mol. The Kier molecular flexibility index (Phi) is 4.31. The van der Waals surface area contributed by atoms with E-state index in [2.05, 4.69) is 9.97 Å². The number of rotatable bonds is 4. The van der Waals surface area contributed by atoms with Gasteiger partial charge in [0.2, 0.25) is 0 Å². The largest absolute Gasteiger partial charge is 0.372 e. The average Bonchev–Trinajstić information content (AvgIpc) is 2.34. The van der Waals surface area contributed by atoms with Gasteiger partial charge in [0, 0.05) is 12.4 Å². The molecule has 17 heavy (non-hydrogen) atoms. The minimum absolute atomic E-state index is 0.482. The Morgan fingerprint density at radius 3 is 1.65 bits per heavy atom. The first-order chi connectivity index (χ1) is 8.24. The van der Waals surface area contributed by atoms with E-state index in [1.165, 1.54) is 0 Å². The number of ether oxygens (including phenoxy) is 1. The fourth-order valence-corrected chi connectivity index (χ4v) is 1.49. The lowest BCUT2D eigenvalue weighted by Gasteiger charge is -2.04. The highest BCUT2D eigenvalue weighted by Crippen LogP contribution is 2.09. The summed E-state index contributed by atoms with van der Waals surface area (Å²) in [5.41, 5.74) is 1.97. The summed E-state index contributed by atoms with van der Waals surface area (Å²) in [6.45, 7) is 0.986. The average molecular weight is 269 g/mol. The first kappa shape index (κ1) is 12.3. The van der Waals surface area contributed by atoms with Crippen LogP contribution in [0.5, 0.6) is 0 Å². The predicted octanol–water partition coefficient (Wildman–Crippen LogP) is 3.50. The Hall–Kier alpha value is -1.16. The SMILES string of the molecule is Clc1ccc(COCc2ccc(Cl)nc2)cn1. The van der Waals surface area contributed by atoms with Gasteiger partial charge in [0.25, 0.3) is 0 Å². The van der Waals surface area contributed by atoms with Gasteiger partial charge < -0.3 is 4.74 Å². The van der Waals surface area contributed by atoms with Gasteiger partial charge in [-0.1, -0.05) is 35.3 Å². The zero-order valence-electron chi connectivity index (χ0n) is 8.94. The van der Waals surface area contributed by atoms with Crippen LogP contribution in [0.3, 0.4) is 0 Å². The molecule has 88 valence electrons. The fourth-order valence-electron chi connectivity index (χ4n) is 1.27. The zero-order chi connectivity index (χ0) is 12.1. The monoisotopic (exact) mass is 268 g/mol. The molecule has 2 rings (SSSR count). The summed E-state index contributed by atoms with van der Waals surface area (Å²) in [7, 11) is 0. The van der Waals surface area contributed by atoms with E-state index in [9.17, 15) is 0 Å². The summed E-state index contributed by atoms with van der Waals surface area (Å²) in [6, 6.07) is 7.25. The normalized spacial score (nSPS) is 10.5. The molecule has 0 aliphatic rings. The molecule has 0 saturated carbocycles. The van der Waals surface area contributed by atoms with E-state index in [0.717, 1.165) is 11.1 Å². The molecule has 0 radical (unpaired) electrons. The molecule has 0 aliphatic carbocycles. The second-order valence-electron chi connectivity index (χ2n) is 3.47. The van der Waals surface area contributed by atoms with Crippen LogP contribution in [-0.4, -0.2) is 9.97 Å².